The second-order valence-electron chi connectivity index (χ2n) is 9.21. The summed E-state index contributed by atoms with van der Waals surface area (Å²) in [6.45, 7) is -0.227. The summed E-state index contributed by atoms with van der Waals surface area (Å²) in [6, 6.07) is 13.4. The highest BCUT2D eigenvalue weighted by Gasteiger charge is 2.27. The van der Waals surface area contributed by atoms with Crippen molar-refractivity contribution in [2.45, 2.75) is 50.0 Å². The molecule has 0 saturated heterocycles. The van der Waals surface area contributed by atoms with Crippen LogP contribution in [0.15, 0.2) is 51.8 Å². The largest absolute Gasteiger partial charge is 0.423 e. The highest BCUT2D eigenvalue weighted by molar-refractivity contribution is 7.91. The first-order chi connectivity index (χ1) is 17.7. The summed E-state index contributed by atoms with van der Waals surface area (Å²) < 4.78 is 57.9. The van der Waals surface area contributed by atoms with Crippen molar-refractivity contribution in [3.05, 3.63) is 59.3 Å². The summed E-state index contributed by atoms with van der Waals surface area (Å²) in [5.41, 5.74) is 2.20. The lowest BCUT2D eigenvalue weighted by Crippen LogP contribution is -2.30. The van der Waals surface area contributed by atoms with Crippen LogP contribution in [0.4, 0.5) is 0 Å². The van der Waals surface area contributed by atoms with Gasteiger partial charge in [0.15, 0.2) is 9.84 Å². The maximum Gasteiger partial charge on any atom is 0.274 e. The van der Waals surface area contributed by atoms with Gasteiger partial charge in [-0.2, -0.15) is 13.1 Å². The SMILES string of the molecule is NS(=O)(=O)NCc1nnc(Cc2nc3c(S(=O)(=O)CC4CCCCC4)cc(-c4ccccc4)cc3s2)o1. The number of hydrogen-bond donors (Lipinski definition) is 2. The van der Waals surface area contributed by atoms with Crippen molar-refractivity contribution in [3.8, 4) is 11.1 Å². The predicted octanol–water partition coefficient (Wildman–Crippen LogP) is 3.58. The van der Waals surface area contributed by atoms with Crippen LogP contribution in [-0.2, 0) is 33.0 Å². The summed E-state index contributed by atoms with van der Waals surface area (Å²) in [5.74, 6) is 0.583. The molecule has 4 aromatic rings. The van der Waals surface area contributed by atoms with Gasteiger partial charge in [0, 0.05) is 0 Å². The molecular weight excluding hydrogens is 534 g/mol. The van der Waals surface area contributed by atoms with Gasteiger partial charge in [0.2, 0.25) is 11.8 Å². The van der Waals surface area contributed by atoms with Crippen LogP contribution in [0.1, 0.15) is 48.9 Å². The van der Waals surface area contributed by atoms with E-state index in [-0.39, 0.29) is 41.3 Å². The van der Waals surface area contributed by atoms with Crippen molar-refractivity contribution < 1.29 is 21.3 Å². The number of fused-ring (bicyclic) bond motifs is 1. The second kappa shape index (κ2) is 10.6. The number of hydrogen-bond acceptors (Lipinski definition) is 9. The van der Waals surface area contributed by atoms with Gasteiger partial charge in [-0.1, -0.05) is 49.6 Å². The van der Waals surface area contributed by atoms with Crippen molar-refractivity contribution in [3.63, 3.8) is 0 Å². The molecule has 1 fully saturated rings. The zero-order valence-electron chi connectivity index (χ0n) is 20.0. The lowest BCUT2D eigenvalue weighted by atomic mass is 9.91. The quantitative estimate of drug-likeness (QED) is 0.314. The molecule has 1 saturated carbocycles. The summed E-state index contributed by atoms with van der Waals surface area (Å²) in [4.78, 5) is 4.93. The van der Waals surface area contributed by atoms with Crippen molar-refractivity contribution in [2.24, 2.45) is 11.1 Å². The Morgan fingerprint density at radius 2 is 1.70 bits per heavy atom. The minimum atomic E-state index is -3.89. The van der Waals surface area contributed by atoms with Gasteiger partial charge in [0.05, 0.1) is 28.3 Å². The summed E-state index contributed by atoms with van der Waals surface area (Å²) in [5, 5.41) is 13.3. The molecule has 2 heterocycles. The highest BCUT2D eigenvalue weighted by atomic mass is 32.2. The molecule has 10 nitrogen and oxygen atoms in total. The molecule has 37 heavy (non-hydrogen) atoms. The number of nitrogens with zero attached hydrogens (tertiary/aromatic N) is 3. The third kappa shape index (κ3) is 6.41. The lowest BCUT2D eigenvalue weighted by Gasteiger charge is -2.21. The van der Waals surface area contributed by atoms with Gasteiger partial charge in [0.1, 0.15) is 10.5 Å². The Morgan fingerprint density at radius 1 is 0.973 bits per heavy atom. The molecule has 2 aromatic carbocycles. The molecular formula is C24H27N5O5S3. The third-order valence-corrected chi connectivity index (χ3v) is 9.80. The molecule has 0 bridgehead atoms. The van der Waals surface area contributed by atoms with E-state index < -0.39 is 20.0 Å². The summed E-state index contributed by atoms with van der Waals surface area (Å²) >= 11 is 1.37. The van der Waals surface area contributed by atoms with Gasteiger partial charge in [-0.3, -0.25) is 0 Å². The molecule has 0 aliphatic heterocycles. The average molecular weight is 562 g/mol. The Bertz CT molecular complexity index is 1610. The van der Waals surface area contributed by atoms with Crippen LogP contribution in [0, 0.1) is 5.92 Å². The number of sulfone groups is 1. The number of nitrogens with two attached hydrogens (primary N) is 1. The van der Waals surface area contributed by atoms with Gasteiger partial charge >= 0.3 is 0 Å². The monoisotopic (exact) mass is 561 g/mol. The maximum atomic E-state index is 13.7. The predicted molar refractivity (Wildman–Crippen MR) is 141 cm³/mol. The standard InChI is InChI=1S/C24H27N5O5S3/c25-37(32,33)26-14-22-29-28-21(34-22)13-23-27-24-19(35-23)11-18(17-9-5-2-6-10-17)12-20(24)36(30,31)15-16-7-3-1-4-8-16/h2,5-6,9-12,16,26H,1,3-4,7-8,13-15H2,(H2,25,32,33). The first-order valence-electron chi connectivity index (χ1n) is 12.0. The van der Waals surface area contributed by atoms with Crippen molar-refractivity contribution in [1.29, 1.82) is 0 Å². The molecule has 0 radical (unpaired) electrons. The molecule has 0 spiro atoms. The number of benzene rings is 2. The Labute approximate surface area is 219 Å². The Hall–Kier alpha value is -2.71. The van der Waals surface area contributed by atoms with Gasteiger partial charge in [0.25, 0.3) is 10.2 Å². The first kappa shape index (κ1) is 25.9. The Kier molecular flexibility index (Phi) is 7.41. The fourth-order valence-electron chi connectivity index (χ4n) is 4.63. The van der Waals surface area contributed by atoms with Gasteiger partial charge in [-0.05, 0) is 42.0 Å². The normalized spacial score (nSPS) is 15.4. The number of thiazole rings is 1. The smallest absolute Gasteiger partial charge is 0.274 e. The van der Waals surface area contributed by atoms with Crippen LogP contribution in [-0.4, -0.2) is 37.8 Å². The van der Waals surface area contributed by atoms with Gasteiger partial charge < -0.3 is 4.42 Å². The third-order valence-electron chi connectivity index (χ3n) is 6.36. The van der Waals surface area contributed by atoms with Crippen molar-refractivity contribution in [1.82, 2.24) is 19.9 Å². The van der Waals surface area contributed by atoms with Crippen LogP contribution in [0.5, 0.6) is 0 Å². The van der Waals surface area contributed by atoms with E-state index in [1.165, 1.54) is 11.3 Å². The van der Waals surface area contributed by atoms with E-state index in [0.29, 0.717) is 10.5 Å². The fraction of sp³-hybridized carbons (Fsp3) is 0.375. The molecule has 2 aromatic heterocycles. The van der Waals surface area contributed by atoms with Crippen molar-refractivity contribution >= 4 is 41.6 Å². The van der Waals surface area contributed by atoms with Crippen LogP contribution in [0.2, 0.25) is 0 Å². The van der Waals surface area contributed by atoms with E-state index in [9.17, 15) is 16.8 Å². The number of rotatable bonds is 9. The second-order valence-corrected chi connectivity index (χ2v) is 13.7. The van der Waals surface area contributed by atoms with Crippen LogP contribution in [0.3, 0.4) is 0 Å². The molecule has 5 rings (SSSR count). The summed E-state index contributed by atoms with van der Waals surface area (Å²) in [6.07, 6.45) is 5.35. The minimum Gasteiger partial charge on any atom is -0.423 e. The molecule has 0 unspecified atom stereocenters. The van der Waals surface area contributed by atoms with Gasteiger partial charge in [-0.15, -0.1) is 21.5 Å². The minimum absolute atomic E-state index is 0.0623. The zero-order valence-corrected chi connectivity index (χ0v) is 22.4. The van der Waals surface area contributed by atoms with E-state index >= 15 is 0 Å². The zero-order chi connectivity index (χ0) is 26.0. The molecule has 1 aliphatic carbocycles. The lowest BCUT2D eigenvalue weighted by molar-refractivity contribution is 0.385. The van der Waals surface area contributed by atoms with E-state index in [1.54, 1.807) is 6.07 Å². The molecule has 0 amide bonds. The topological polar surface area (TPSA) is 158 Å². The van der Waals surface area contributed by atoms with E-state index in [1.807, 2.05) is 36.4 Å². The van der Waals surface area contributed by atoms with Crippen LogP contribution in [0.25, 0.3) is 21.3 Å². The molecule has 196 valence electrons. The highest BCUT2D eigenvalue weighted by Crippen LogP contribution is 2.36. The first-order valence-corrected chi connectivity index (χ1v) is 16.0. The number of aromatic nitrogens is 3. The Morgan fingerprint density at radius 3 is 2.43 bits per heavy atom. The Balaban J connectivity index is 1.49. The van der Waals surface area contributed by atoms with Crippen LogP contribution >= 0.6 is 11.3 Å². The molecule has 0 atom stereocenters. The summed E-state index contributed by atoms with van der Waals surface area (Å²) in [7, 11) is -7.47. The average Bonchev–Trinajstić information content (AvgIpc) is 3.49. The van der Waals surface area contributed by atoms with Crippen molar-refractivity contribution in [2.75, 3.05) is 5.75 Å². The fourth-order valence-corrected chi connectivity index (χ4v) is 7.94. The van der Waals surface area contributed by atoms with Gasteiger partial charge in [-0.25, -0.2) is 18.5 Å². The molecule has 13 heteroatoms. The van der Waals surface area contributed by atoms with E-state index in [0.717, 1.165) is 47.9 Å². The molecule has 1 aliphatic rings. The number of nitrogens with one attached hydrogen (secondary N) is 1. The molecule has 3 N–H and O–H groups in total. The van der Waals surface area contributed by atoms with E-state index in [2.05, 4.69) is 19.9 Å². The van der Waals surface area contributed by atoms with E-state index in [4.69, 9.17) is 9.56 Å². The van der Waals surface area contributed by atoms with Crippen LogP contribution < -0.4 is 9.86 Å². The maximum absolute atomic E-state index is 13.7.